The average Bonchev–Trinajstić information content (AvgIpc) is 3.09. The van der Waals surface area contributed by atoms with Crippen molar-refractivity contribution in [1.82, 2.24) is 0 Å². The second-order valence-corrected chi connectivity index (χ2v) is 12.3. The van der Waals surface area contributed by atoms with Gasteiger partial charge in [-0.1, -0.05) is 37.3 Å². The molecular formula is C30H33NO4S. The van der Waals surface area contributed by atoms with Crippen molar-refractivity contribution in [2.45, 2.75) is 56.2 Å². The van der Waals surface area contributed by atoms with Crippen molar-refractivity contribution in [3.05, 3.63) is 65.7 Å². The molecule has 3 aromatic carbocycles. The molecule has 0 aliphatic heterocycles. The Bertz CT molecular complexity index is 1670. The first-order chi connectivity index (χ1) is 18.8. The maximum Gasteiger partial charge on any atom is 0.339 e. The van der Waals surface area contributed by atoms with Crippen LogP contribution in [-0.2, 0) is 21.3 Å². The molecule has 0 amide bonds. The van der Waals surface area contributed by atoms with Gasteiger partial charge in [0.15, 0.2) is 0 Å². The molecule has 188 valence electrons. The number of fused-ring (bicyclic) bond motifs is 6. The van der Waals surface area contributed by atoms with Gasteiger partial charge in [-0.3, -0.25) is 4.79 Å². The Balaban J connectivity index is 1.37. The van der Waals surface area contributed by atoms with Gasteiger partial charge in [0.25, 0.3) is 0 Å². The van der Waals surface area contributed by atoms with E-state index < -0.39 is 21.9 Å². The van der Waals surface area contributed by atoms with Gasteiger partial charge < -0.3 is 9.08 Å². The lowest BCUT2D eigenvalue weighted by Gasteiger charge is -2.48. The molecule has 6 rings (SSSR count). The number of rotatable bonds is 4. The normalized spacial score (nSPS) is 30.3. The third-order valence-electron chi connectivity index (χ3n) is 8.73. The van der Waals surface area contributed by atoms with Crippen LogP contribution < -0.4 is 9.08 Å². The zero-order chi connectivity index (χ0) is 28.8. The van der Waals surface area contributed by atoms with E-state index in [1.54, 1.807) is 24.3 Å². The van der Waals surface area contributed by atoms with Crippen LogP contribution in [0.5, 0.6) is 5.75 Å². The van der Waals surface area contributed by atoms with Crippen LogP contribution in [0.1, 0.15) is 61.5 Å². The minimum absolute atomic E-state index is 0.00454. The Morgan fingerprint density at radius 1 is 1.08 bits per heavy atom. The Hall–Kier alpha value is -2.86. The number of nitrogens with zero attached hydrogens (tertiary/aromatic N) is 1. The van der Waals surface area contributed by atoms with Crippen molar-refractivity contribution >= 4 is 32.4 Å². The number of carbonyl (C=O) groups is 1. The largest absolute Gasteiger partial charge is 0.379 e. The van der Waals surface area contributed by atoms with E-state index in [0.717, 1.165) is 16.6 Å². The predicted molar refractivity (Wildman–Crippen MR) is 142 cm³/mol. The van der Waals surface area contributed by atoms with Crippen LogP contribution >= 0.6 is 0 Å². The summed E-state index contributed by atoms with van der Waals surface area (Å²) in [5.41, 5.74) is 1.71. The third-order valence-corrected chi connectivity index (χ3v) is 10.0. The molecule has 3 aliphatic rings. The van der Waals surface area contributed by atoms with Gasteiger partial charge in [-0.05, 0) is 85.2 Å². The van der Waals surface area contributed by atoms with E-state index in [-0.39, 0.29) is 52.7 Å². The highest BCUT2D eigenvalue weighted by Crippen LogP contribution is 2.59. The van der Waals surface area contributed by atoms with Crippen LogP contribution in [0.2, 0.25) is 0 Å². The average molecular weight is 508 g/mol. The van der Waals surface area contributed by atoms with Gasteiger partial charge in [0.2, 0.25) is 0 Å². The molecule has 36 heavy (non-hydrogen) atoms. The minimum Gasteiger partial charge on any atom is -0.379 e. The van der Waals surface area contributed by atoms with E-state index in [4.69, 9.17) is 9.67 Å². The molecule has 3 aliphatic carbocycles. The van der Waals surface area contributed by atoms with E-state index in [2.05, 4.69) is 0 Å². The Morgan fingerprint density at radius 2 is 1.86 bits per heavy atom. The van der Waals surface area contributed by atoms with Crippen molar-refractivity contribution in [1.29, 1.82) is 0 Å². The summed E-state index contributed by atoms with van der Waals surface area (Å²) < 4.78 is 66.9. The van der Waals surface area contributed by atoms with Crippen LogP contribution in [0, 0.1) is 17.3 Å². The molecule has 0 saturated heterocycles. The zero-order valence-electron chi connectivity index (χ0n) is 24.8. The maximum atomic E-state index is 13.6. The SMILES string of the molecule is [2H]c1cc2c(c([2H])c1OS(=O)(=O)c1cccc3c(N(C)C)cccc13)CC[C@@H]1[C@@H]2CC[C@]2(C)C(=O)C([2H])([2H])C[C@@H]12. The van der Waals surface area contributed by atoms with Crippen LogP contribution in [0.15, 0.2) is 59.4 Å². The van der Waals surface area contributed by atoms with Gasteiger partial charge in [0, 0.05) is 45.1 Å². The highest BCUT2D eigenvalue weighted by molar-refractivity contribution is 7.87. The summed E-state index contributed by atoms with van der Waals surface area (Å²) in [7, 11) is -0.583. The topological polar surface area (TPSA) is 63.7 Å². The second kappa shape index (κ2) is 8.34. The Kier molecular flexibility index (Phi) is 4.46. The molecule has 2 saturated carbocycles. The molecule has 0 unspecified atom stereocenters. The quantitative estimate of drug-likeness (QED) is 0.399. The fourth-order valence-electron chi connectivity index (χ4n) is 6.86. The standard InChI is InChI=1S/C30H33NO4S/c1-30-17-16-22-21-13-11-20(18-19(21)10-12-23(22)26(30)14-15-29(30)32)35-36(33,34)28-9-5-6-24-25(28)7-4-8-27(24)31(2)3/h4-9,11,13,18,22-23,26H,10,12,14-17H2,1-3H3/t22-,23-,26+,30+/m1/s1/i11D,15D2,18D. The molecule has 2 fully saturated rings. The van der Waals surface area contributed by atoms with Crippen molar-refractivity contribution < 1.29 is 22.9 Å². The lowest BCUT2D eigenvalue weighted by atomic mass is 9.55. The molecule has 0 aromatic heterocycles. The first-order valence-corrected chi connectivity index (χ1v) is 14.0. The monoisotopic (exact) mass is 507 g/mol. The fourth-order valence-corrected chi connectivity index (χ4v) is 7.95. The molecule has 6 heteroatoms. The summed E-state index contributed by atoms with van der Waals surface area (Å²) in [6.07, 6.45) is 0.814. The number of Topliss-reactive ketones (excluding diaryl/α,β-unsaturated/α-hetero) is 1. The number of anilines is 1. The molecule has 0 heterocycles. The van der Waals surface area contributed by atoms with E-state index >= 15 is 0 Å². The first-order valence-electron chi connectivity index (χ1n) is 14.6. The molecule has 0 bridgehead atoms. The van der Waals surface area contributed by atoms with Crippen molar-refractivity contribution in [3.8, 4) is 5.75 Å². The van der Waals surface area contributed by atoms with Gasteiger partial charge in [0.05, 0.1) is 2.74 Å². The highest BCUT2D eigenvalue weighted by atomic mass is 32.2. The summed E-state index contributed by atoms with van der Waals surface area (Å²) in [6, 6.07) is 11.8. The van der Waals surface area contributed by atoms with Crippen LogP contribution in [-0.4, -0.2) is 28.3 Å². The highest BCUT2D eigenvalue weighted by Gasteiger charge is 2.54. The maximum absolute atomic E-state index is 13.6. The van der Waals surface area contributed by atoms with Gasteiger partial charge in [-0.15, -0.1) is 0 Å². The van der Waals surface area contributed by atoms with Crippen LogP contribution in [0.3, 0.4) is 0 Å². The fraction of sp³-hybridized carbons (Fsp3) is 0.433. The zero-order valence-corrected chi connectivity index (χ0v) is 21.6. The van der Waals surface area contributed by atoms with E-state index in [9.17, 15) is 13.2 Å². The minimum atomic E-state index is -4.35. The van der Waals surface area contributed by atoms with E-state index in [1.807, 2.05) is 38.1 Å². The number of ketones is 1. The molecule has 0 radical (unpaired) electrons. The van der Waals surface area contributed by atoms with Gasteiger partial charge in [0.1, 0.15) is 16.4 Å². The molecule has 0 spiro atoms. The van der Waals surface area contributed by atoms with Crippen LogP contribution in [0.25, 0.3) is 10.8 Å². The lowest BCUT2D eigenvalue weighted by Crippen LogP contribution is -2.42. The number of benzene rings is 3. The van der Waals surface area contributed by atoms with Crippen LogP contribution in [0.4, 0.5) is 5.69 Å². The number of hydrogen-bond donors (Lipinski definition) is 0. The third kappa shape index (κ3) is 3.56. The molecule has 3 aromatic rings. The smallest absolute Gasteiger partial charge is 0.339 e. The number of carbonyl (C=O) groups excluding carboxylic acids is 1. The summed E-state index contributed by atoms with van der Waals surface area (Å²) in [5, 5.41) is 1.26. The van der Waals surface area contributed by atoms with Crippen molar-refractivity contribution in [2.24, 2.45) is 17.3 Å². The number of hydrogen-bond acceptors (Lipinski definition) is 5. The molecular weight excluding hydrogens is 470 g/mol. The molecule has 5 nitrogen and oxygen atoms in total. The van der Waals surface area contributed by atoms with E-state index in [1.165, 1.54) is 6.07 Å². The summed E-state index contributed by atoms with van der Waals surface area (Å²) in [5.74, 6) is -0.559. The molecule has 0 N–H and O–H groups in total. The summed E-state index contributed by atoms with van der Waals surface area (Å²) in [4.78, 5) is 14.8. The van der Waals surface area contributed by atoms with Crippen molar-refractivity contribution in [2.75, 3.05) is 19.0 Å². The first kappa shape index (κ1) is 19.3. The Labute approximate surface area is 219 Å². The Morgan fingerprint density at radius 3 is 2.67 bits per heavy atom. The molecule has 4 atom stereocenters. The summed E-state index contributed by atoms with van der Waals surface area (Å²) >= 11 is 0. The summed E-state index contributed by atoms with van der Waals surface area (Å²) in [6.45, 7) is 1.90. The van der Waals surface area contributed by atoms with Crippen molar-refractivity contribution in [3.63, 3.8) is 0 Å². The van der Waals surface area contributed by atoms with E-state index in [0.29, 0.717) is 36.6 Å². The predicted octanol–water partition coefficient (Wildman–Crippen LogP) is 6.10. The van der Waals surface area contributed by atoms with Gasteiger partial charge >= 0.3 is 10.1 Å². The van der Waals surface area contributed by atoms with Gasteiger partial charge in [-0.2, -0.15) is 8.42 Å². The van der Waals surface area contributed by atoms with Gasteiger partial charge in [-0.25, -0.2) is 0 Å². The second-order valence-electron chi connectivity index (χ2n) is 10.8. The lowest BCUT2D eigenvalue weighted by molar-refractivity contribution is -0.129.